The fraction of sp³-hybridized carbons (Fsp3) is 0.500. The molecule has 1 atom stereocenters. The predicted molar refractivity (Wildman–Crippen MR) is 86.5 cm³/mol. The van der Waals surface area contributed by atoms with Gasteiger partial charge < -0.3 is 5.11 Å². The lowest BCUT2D eigenvalue weighted by atomic mass is 10.1. The second kappa shape index (κ2) is 7.69. The number of nitro groups is 1. The van der Waals surface area contributed by atoms with Crippen LogP contribution in [0.2, 0.25) is 5.02 Å². The molecule has 10 heteroatoms. The van der Waals surface area contributed by atoms with Gasteiger partial charge in [0, 0.05) is 22.6 Å². The lowest BCUT2D eigenvalue weighted by Gasteiger charge is -2.19. The molecule has 0 aliphatic carbocycles. The fourth-order valence-electron chi connectivity index (χ4n) is 1.86. The van der Waals surface area contributed by atoms with E-state index in [0.29, 0.717) is 6.42 Å². The van der Waals surface area contributed by atoms with E-state index in [4.69, 9.17) is 11.6 Å². The zero-order valence-corrected chi connectivity index (χ0v) is 15.1. The van der Waals surface area contributed by atoms with Crippen LogP contribution in [-0.4, -0.2) is 31.1 Å². The molecule has 0 heterocycles. The summed E-state index contributed by atoms with van der Waals surface area (Å²) in [6.45, 7) is 3.38. The van der Waals surface area contributed by atoms with E-state index in [2.05, 4.69) is 20.7 Å². The van der Waals surface area contributed by atoms with Crippen LogP contribution in [0.4, 0.5) is 5.69 Å². The first-order valence-corrected chi connectivity index (χ1v) is 9.00. The monoisotopic (exact) mass is 414 g/mol. The van der Waals surface area contributed by atoms with E-state index >= 15 is 0 Å². The maximum Gasteiger partial charge on any atom is 0.272 e. The summed E-state index contributed by atoms with van der Waals surface area (Å²) in [5.41, 5.74) is -0.402. The second-order valence-corrected chi connectivity index (χ2v) is 8.04. The molecule has 0 saturated carbocycles. The van der Waals surface area contributed by atoms with Gasteiger partial charge in [-0.15, -0.1) is 0 Å². The number of rotatable bonds is 7. The van der Waals surface area contributed by atoms with Gasteiger partial charge in [0.15, 0.2) is 0 Å². The van der Waals surface area contributed by atoms with Gasteiger partial charge in [-0.25, -0.2) is 13.1 Å². The first-order valence-electron chi connectivity index (χ1n) is 6.35. The van der Waals surface area contributed by atoms with Crippen molar-refractivity contribution in [3.63, 3.8) is 0 Å². The Kier molecular flexibility index (Phi) is 6.75. The van der Waals surface area contributed by atoms with Crippen LogP contribution in [0.5, 0.6) is 0 Å². The molecule has 1 aromatic rings. The van der Waals surface area contributed by atoms with E-state index in [-0.39, 0.29) is 22.0 Å². The first kappa shape index (κ1) is 19.3. The summed E-state index contributed by atoms with van der Waals surface area (Å²) in [5.74, 6) is 0.159. The Balaban J connectivity index is 3.24. The van der Waals surface area contributed by atoms with Crippen molar-refractivity contribution in [2.75, 3.05) is 6.61 Å². The molecule has 0 spiro atoms. The summed E-state index contributed by atoms with van der Waals surface area (Å²) in [6.07, 6.45) is 0.420. The third kappa shape index (κ3) is 4.88. The van der Waals surface area contributed by atoms with E-state index in [1.54, 1.807) is 0 Å². The number of non-ortho nitro benzene ring substituents is 1. The molecule has 0 aromatic heterocycles. The molecule has 22 heavy (non-hydrogen) atoms. The third-order valence-electron chi connectivity index (χ3n) is 2.78. The summed E-state index contributed by atoms with van der Waals surface area (Å²) in [6, 6.07) is 1.32. The lowest BCUT2D eigenvalue weighted by molar-refractivity contribution is -0.385. The molecule has 2 N–H and O–H groups in total. The standard InChI is InChI=1S/C12H16BrClN2O5S/c1-7(2)3-8(6-17)15-22(20,21)11-5-9(16(18)19)4-10(13)12(11)14/h4-5,7-8,15,17H,3,6H2,1-2H3/t8-/m0/s1. The van der Waals surface area contributed by atoms with Gasteiger partial charge in [0.05, 0.1) is 16.6 Å². The molecule has 0 bridgehead atoms. The number of sulfonamides is 1. The number of nitrogens with one attached hydrogen (secondary N) is 1. The summed E-state index contributed by atoms with van der Waals surface area (Å²) < 4.78 is 27.2. The smallest absolute Gasteiger partial charge is 0.272 e. The number of benzene rings is 1. The summed E-state index contributed by atoms with van der Waals surface area (Å²) >= 11 is 8.94. The Morgan fingerprint density at radius 3 is 2.50 bits per heavy atom. The lowest BCUT2D eigenvalue weighted by Crippen LogP contribution is -2.38. The van der Waals surface area contributed by atoms with Crippen LogP contribution >= 0.6 is 27.5 Å². The number of hydrogen-bond acceptors (Lipinski definition) is 5. The average Bonchev–Trinajstić information content (AvgIpc) is 2.39. The van der Waals surface area contributed by atoms with Crippen molar-refractivity contribution in [3.05, 3.63) is 31.7 Å². The van der Waals surface area contributed by atoms with Gasteiger partial charge in [0.25, 0.3) is 5.69 Å². The maximum atomic E-state index is 12.4. The van der Waals surface area contributed by atoms with Gasteiger partial charge in [0.2, 0.25) is 10.0 Å². The molecule has 1 rings (SSSR count). The Hall–Kier alpha value is -0.740. The highest BCUT2D eigenvalue weighted by Gasteiger charge is 2.26. The quantitative estimate of drug-likeness (QED) is 0.525. The molecule has 0 amide bonds. The van der Waals surface area contributed by atoms with Gasteiger partial charge in [-0.05, 0) is 28.3 Å². The van der Waals surface area contributed by atoms with Crippen molar-refractivity contribution in [2.24, 2.45) is 5.92 Å². The zero-order valence-electron chi connectivity index (χ0n) is 11.9. The van der Waals surface area contributed by atoms with Gasteiger partial charge in [0.1, 0.15) is 4.90 Å². The van der Waals surface area contributed by atoms with Crippen LogP contribution in [0.25, 0.3) is 0 Å². The minimum atomic E-state index is -4.10. The maximum absolute atomic E-state index is 12.4. The van der Waals surface area contributed by atoms with Crippen molar-refractivity contribution in [1.82, 2.24) is 4.72 Å². The first-order chi connectivity index (χ1) is 10.1. The van der Waals surface area contributed by atoms with Crippen molar-refractivity contribution in [1.29, 1.82) is 0 Å². The SMILES string of the molecule is CC(C)C[C@@H](CO)NS(=O)(=O)c1cc([N+](=O)[O-])cc(Br)c1Cl. The zero-order chi connectivity index (χ0) is 17.1. The highest BCUT2D eigenvalue weighted by molar-refractivity contribution is 9.10. The topological polar surface area (TPSA) is 110 Å². The molecule has 0 fully saturated rings. The summed E-state index contributed by atoms with van der Waals surface area (Å²) in [5, 5.41) is 20.0. The molecule has 7 nitrogen and oxygen atoms in total. The molecule has 1 aromatic carbocycles. The Morgan fingerprint density at radius 2 is 2.05 bits per heavy atom. The Bertz CT molecular complexity index is 666. The van der Waals surface area contributed by atoms with Crippen molar-refractivity contribution in [2.45, 2.75) is 31.2 Å². The van der Waals surface area contributed by atoms with Crippen LogP contribution in [0.1, 0.15) is 20.3 Å². The van der Waals surface area contributed by atoms with Crippen molar-refractivity contribution >= 4 is 43.2 Å². The highest BCUT2D eigenvalue weighted by Crippen LogP contribution is 2.34. The Labute approximate surface area is 142 Å². The molecule has 0 radical (unpaired) electrons. The second-order valence-electron chi connectivity index (χ2n) is 5.13. The van der Waals surface area contributed by atoms with Crippen molar-refractivity contribution in [3.8, 4) is 0 Å². The Morgan fingerprint density at radius 1 is 1.45 bits per heavy atom. The highest BCUT2D eigenvalue weighted by atomic mass is 79.9. The average molecular weight is 416 g/mol. The van der Waals surface area contributed by atoms with Crippen molar-refractivity contribution < 1.29 is 18.4 Å². The minimum absolute atomic E-state index is 0.105. The summed E-state index contributed by atoms with van der Waals surface area (Å²) in [7, 11) is -4.10. The van der Waals surface area contributed by atoms with Gasteiger partial charge in [-0.2, -0.15) is 0 Å². The number of hydrogen-bond donors (Lipinski definition) is 2. The van der Waals surface area contributed by atoms with Crippen LogP contribution < -0.4 is 4.72 Å². The van der Waals surface area contributed by atoms with E-state index < -0.39 is 31.6 Å². The molecule has 0 unspecified atom stereocenters. The number of nitrogens with zero attached hydrogens (tertiary/aromatic N) is 1. The van der Waals surface area contributed by atoms with Crippen LogP contribution in [0, 0.1) is 16.0 Å². The fourth-order valence-corrected chi connectivity index (χ4v) is 4.21. The predicted octanol–water partition coefficient (Wildman–Crippen LogP) is 2.70. The molecule has 0 saturated heterocycles. The molecule has 124 valence electrons. The van der Waals surface area contributed by atoms with Crippen LogP contribution in [-0.2, 0) is 10.0 Å². The van der Waals surface area contributed by atoms with E-state index in [0.717, 1.165) is 12.1 Å². The van der Waals surface area contributed by atoms with Crippen LogP contribution in [0.15, 0.2) is 21.5 Å². The van der Waals surface area contributed by atoms with Gasteiger partial charge >= 0.3 is 0 Å². The number of aliphatic hydroxyl groups is 1. The minimum Gasteiger partial charge on any atom is -0.395 e. The third-order valence-corrected chi connectivity index (χ3v) is 5.70. The number of halogens is 2. The van der Waals surface area contributed by atoms with Crippen LogP contribution in [0.3, 0.4) is 0 Å². The van der Waals surface area contributed by atoms with Gasteiger partial charge in [-0.1, -0.05) is 25.4 Å². The normalized spacial score (nSPS) is 13.4. The molecule has 0 aliphatic rings. The van der Waals surface area contributed by atoms with E-state index in [9.17, 15) is 23.6 Å². The summed E-state index contributed by atoms with van der Waals surface area (Å²) in [4.78, 5) is 9.74. The number of aliphatic hydroxyl groups excluding tert-OH is 1. The molecule has 0 aliphatic heterocycles. The molecular weight excluding hydrogens is 400 g/mol. The van der Waals surface area contributed by atoms with Gasteiger partial charge in [-0.3, -0.25) is 10.1 Å². The molecular formula is C12H16BrClN2O5S. The van der Waals surface area contributed by atoms with E-state index in [1.807, 2.05) is 13.8 Å². The number of nitro benzene ring substituents is 1. The van der Waals surface area contributed by atoms with E-state index in [1.165, 1.54) is 0 Å². The largest absolute Gasteiger partial charge is 0.395 e.